The molecule has 0 aliphatic heterocycles. The van der Waals surface area contributed by atoms with Crippen LogP contribution in [-0.4, -0.2) is 44.5 Å². The molecule has 0 bridgehead atoms. The molecule has 0 radical (unpaired) electrons. The van der Waals surface area contributed by atoms with Crippen molar-refractivity contribution in [3.05, 3.63) is 51.6 Å². The summed E-state index contributed by atoms with van der Waals surface area (Å²) >= 11 is 6.04. The number of methoxy groups -OCH3 is 1. The van der Waals surface area contributed by atoms with Crippen LogP contribution in [0, 0.1) is 13.8 Å². The molecular formula is C20H21ClF3N5O2. The number of hydrogen-bond donors (Lipinski definition) is 0. The fourth-order valence-corrected chi connectivity index (χ4v) is 3.52. The van der Waals surface area contributed by atoms with Crippen LogP contribution in [0.3, 0.4) is 0 Å². The number of nitrogens with zero attached hydrogens (tertiary/aromatic N) is 5. The first-order chi connectivity index (χ1) is 14.5. The van der Waals surface area contributed by atoms with Crippen LogP contribution in [0.4, 0.5) is 13.2 Å². The molecule has 2 aromatic heterocycles. The van der Waals surface area contributed by atoms with E-state index in [-0.39, 0.29) is 18.1 Å². The normalized spacial score (nSPS) is 11.7. The maximum atomic E-state index is 12.9. The molecule has 0 saturated carbocycles. The second kappa shape index (κ2) is 8.70. The SMILES string of the molecule is COc1ccc(Cl)cc1CN(C)C(=O)CCc1c(C)nc2nc(C(F)(F)F)nn2c1C. The molecule has 2 heterocycles. The summed E-state index contributed by atoms with van der Waals surface area (Å²) in [4.78, 5) is 21.8. The lowest BCUT2D eigenvalue weighted by Crippen LogP contribution is -2.27. The molecule has 7 nitrogen and oxygen atoms in total. The molecule has 0 aliphatic carbocycles. The minimum absolute atomic E-state index is 0.123. The van der Waals surface area contributed by atoms with Gasteiger partial charge < -0.3 is 9.64 Å². The first-order valence-electron chi connectivity index (χ1n) is 9.37. The summed E-state index contributed by atoms with van der Waals surface area (Å²) in [5, 5.41) is 4.06. The van der Waals surface area contributed by atoms with Crippen molar-refractivity contribution in [2.75, 3.05) is 14.2 Å². The average Bonchev–Trinajstić information content (AvgIpc) is 3.12. The van der Waals surface area contributed by atoms with E-state index in [1.165, 1.54) is 7.11 Å². The Hall–Kier alpha value is -2.88. The summed E-state index contributed by atoms with van der Waals surface area (Å²) in [5.41, 5.74) is 2.41. The highest BCUT2D eigenvalue weighted by molar-refractivity contribution is 6.30. The second-order valence-corrected chi connectivity index (χ2v) is 7.55. The summed E-state index contributed by atoms with van der Waals surface area (Å²) in [5.74, 6) is -0.888. The molecule has 166 valence electrons. The molecular weight excluding hydrogens is 435 g/mol. The topological polar surface area (TPSA) is 72.6 Å². The van der Waals surface area contributed by atoms with Gasteiger partial charge in [0.15, 0.2) is 0 Å². The molecule has 31 heavy (non-hydrogen) atoms. The molecule has 0 aliphatic rings. The van der Waals surface area contributed by atoms with Gasteiger partial charge in [-0.25, -0.2) is 9.50 Å². The fraction of sp³-hybridized carbons (Fsp3) is 0.400. The van der Waals surface area contributed by atoms with E-state index in [0.29, 0.717) is 40.7 Å². The van der Waals surface area contributed by atoms with Gasteiger partial charge in [-0.1, -0.05) is 11.6 Å². The standard InChI is InChI=1S/C20H21ClF3N5O2/c1-11-15(12(2)29-19(25-11)26-18(27-29)20(22,23)24)6-8-17(30)28(3)10-13-9-14(21)5-7-16(13)31-4/h5,7,9H,6,8,10H2,1-4H3. The summed E-state index contributed by atoms with van der Waals surface area (Å²) < 4.78 is 45.2. The Morgan fingerprint density at radius 1 is 1.26 bits per heavy atom. The molecule has 1 aromatic carbocycles. The van der Waals surface area contributed by atoms with E-state index in [0.717, 1.165) is 10.1 Å². The van der Waals surface area contributed by atoms with Crippen LogP contribution in [0.25, 0.3) is 5.78 Å². The average molecular weight is 456 g/mol. The molecule has 3 rings (SSSR count). The summed E-state index contributed by atoms with van der Waals surface area (Å²) in [6.07, 6.45) is -4.21. The van der Waals surface area contributed by atoms with Gasteiger partial charge in [-0.3, -0.25) is 4.79 Å². The Balaban J connectivity index is 1.76. The highest BCUT2D eigenvalue weighted by Crippen LogP contribution is 2.27. The van der Waals surface area contributed by atoms with Gasteiger partial charge in [-0.15, -0.1) is 5.10 Å². The molecule has 11 heteroatoms. The van der Waals surface area contributed by atoms with Gasteiger partial charge in [0.2, 0.25) is 5.91 Å². The Kier molecular flexibility index (Phi) is 6.40. The lowest BCUT2D eigenvalue weighted by atomic mass is 10.1. The van der Waals surface area contributed by atoms with Crippen molar-refractivity contribution in [1.29, 1.82) is 0 Å². The van der Waals surface area contributed by atoms with Crippen molar-refractivity contribution in [2.45, 2.75) is 39.4 Å². The lowest BCUT2D eigenvalue weighted by Gasteiger charge is -2.19. The number of alkyl halides is 3. The first kappa shape index (κ1) is 22.8. The number of carbonyl (C=O) groups is 1. The van der Waals surface area contributed by atoms with Crippen LogP contribution in [-0.2, 0) is 23.9 Å². The maximum Gasteiger partial charge on any atom is 0.453 e. The molecule has 0 saturated heterocycles. The summed E-state index contributed by atoms with van der Waals surface area (Å²) in [7, 11) is 3.20. The van der Waals surface area contributed by atoms with E-state index in [9.17, 15) is 18.0 Å². The largest absolute Gasteiger partial charge is 0.496 e. The number of halogens is 4. The Morgan fingerprint density at radius 3 is 2.61 bits per heavy atom. The van der Waals surface area contributed by atoms with E-state index < -0.39 is 12.0 Å². The number of carbonyl (C=O) groups excluding carboxylic acids is 1. The quantitative estimate of drug-likeness (QED) is 0.561. The third kappa shape index (κ3) is 4.90. The number of fused-ring (bicyclic) bond motifs is 1. The smallest absolute Gasteiger partial charge is 0.453 e. The minimum Gasteiger partial charge on any atom is -0.496 e. The highest BCUT2D eigenvalue weighted by atomic mass is 35.5. The van der Waals surface area contributed by atoms with Gasteiger partial charge in [0.1, 0.15) is 5.75 Å². The van der Waals surface area contributed by atoms with Gasteiger partial charge >= 0.3 is 6.18 Å². The van der Waals surface area contributed by atoms with E-state index in [2.05, 4.69) is 15.1 Å². The van der Waals surface area contributed by atoms with Crippen LogP contribution < -0.4 is 4.74 Å². The minimum atomic E-state index is -4.66. The molecule has 0 unspecified atom stereocenters. The van der Waals surface area contributed by atoms with Gasteiger partial charge in [-0.05, 0) is 44.0 Å². The number of hydrogen-bond acceptors (Lipinski definition) is 5. The van der Waals surface area contributed by atoms with Crippen molar-refractivity contribution in [2.24, 2.45) is 0 Å². The van der Waals surface area contributed by atoms with E-state index >= 15 is 0 Å². The zero-order valence-corrected chi connectivity index (χ0v) is 18.2. The van der Waals surface area contributed by atoms with Crippen LogP contribution in [0.1, 0.15) is 34.8 Å². The van der Waals surface area contributed by atoms with Crippen LogP contribution in [0.5, 0.6) is 5.75 Å². The van der Waals surface area contributed by atoms with Gasteiger partial charge in [0, 0.05) is 42.0 Å². The zero-order valence-electron chi connectivity index (χ0n) is 17.4. The van der Waals surface area contributed by atoms with Crippen molar-refractivity contribution in [3.8, 4) is 5.75 Å². The number of ether oxygens (including phenoxy) is 1. The van der Waals surface area contributed by atoms with Gasteiger partial charge in [0.25, 0.3) is 11.6 Å². The number of aryl methyl sites for hydroxylation is 2. The molecule has 0 spiro atoms. The predicted octanol–water partition coefficient (Wildman–Crippen LogP) is 4.01. The van der Waals surface area contributed by atoms with Crippen molar-refractivity contribution >= 4 is 23.3 Å². The molecule has 3 aromatic rings. The number of rotatable bonds is 6. The molecule has 1 amide bonds. The lowest BCUT2D eigenvalue weighted by molar-refractivity contribution is -0.144. The van der Waals surface area contributed by atoms with Crippen LogP contribution in [0.15, 0.2) is 18.2 Å². The second-order valence-electron chi connectivity index (χ2n) is 7.11. The fourth-order valence-electron chi connectivity index (χ4n) is 3.33. The number of aromatic nitrogens is 4. The Morgan fingerprint density at radius 2 is 1.97 bits per heavy atom. The van der Waals surface area contributed by atoms with Gasteiger partial charge in [-0.2, -0.15) is 18.2 Å². The monoisotopic (exact) mass is 455 g/mol. The van der Waals surface area contributed by atoms with Gasteiger partial charge in [0.05, 0.1) is 7.11 Å². The van der Waals surface area contributed by atoms with Crippen LogP contribution in [0.2, 0.25) is 5.02 Å². The third-order valence-electron chi connectivity index (χ3n) is 4.97. The van der Waals surface area contributed by atoms with Crippen molar-refractivity contribution in [3.63, 3.8) is 0 Å². The van der Waals surface area contributed by atoms with Crippen molar-refractivity contribution < 1.29 is 22.7 Å². The van der Waals surface area contributed by atoms with Crippen molar-refractivity contribution in [1.82, 2.24) is 24.5 Å². The number of benzene rings is 1. The molecule has 0 atom stereocenters. The first-order valence-corrected chi connectivity index (χ1v) is 9.75. The van der Waals surface area contributed by atoms with E-state index in [1.54, 1.807) is 44.0 Å². The summed E-state index contributed by atoms with van der Waals surface area (Å²) in [6.45, 7) is 3.61. The zero-order chi connectivity index (χ0) is 22.9. The Bertz CT molecular complexity index is 1130. The third-order valence-corrected chi connectivity index (χ3v) is 5.20. The molecule has 0 N–H and O–H groups in total. The highest BCUT2D eigenvalue weighted by Gasteiger charge is 2.37. The van der Waals surface area contributed by atoms with E-state index in [4.69, 9.17) is 16.3 Å². The van der Waals surface area contributed by atoms with Crippen LogP contribution >= 0.6 is 11.6 Å². The van der Waals surface area contributed by atoms with E-state index in [1.807, 2.05) is 0 Å². The maximum absolute atomic E-state index is 12.9. The summed E-state index contributed by atoms with van der Waals surface area (Å²) in [6, 6.07) is 5.17. The molecule has 0 fully saturated rings. The number of amides is 1. The predicted molar refractivity (Wildman–Crippen MR) is 108 cm³/mol. The Labute approximate surface area is 181 Å².